The maximum Gasteiger partial charge on any atom is 0.472 e. The van der Waals surface area contributed by atoms with E-state index in [0.29, 0.717) is 37.5 Å². The van der Waals surface area contributed by atoms with Gasteiger partial charge in [-0.2, -0.15) is 0 Å². The average Bonchev–Trinajstić information content (AvgIpc) is 3.53. The van der Waals surface area contributed by atoms with Gasteiger partial charge < -0.3 is 33.8 Å². The lowest BCUT2D eigenvalue weighted by Gasteiger charge is -2.21. The van der Waals surface area contributed by atoms with Crippen LogP contribution in [0.1, 0.15) is 325 Å². The highest BCUT2D eigenvalue weighted by Gasteiger charge is 2.30. The molecule has 0 aromatic carbocycles. The first kappa shape index (κ1) is 84.1. The number of hydrogen-bond donors (Lipinski definition) is 3. The van der Waals surface area contributed by atoms with E-state index in [9.17, 15) is 43.2 Å². The largest absolute Gasteiger partial charge is 0.472 e. The summed E-state index contributed by atoms with van der Waals surface area (Å²) in [5.41, 5.74) is 0. The first-order valence-electron chi connectivity index (χ1n) is 34.7. The second-order valence-electron chi connectivity index (χ2n) is 26.1. The Morgan fingerprint density at radius 2 is 0.488 bits per heavy atom. The third-order valence-electron chi connectivity index (χ3n) is 15.3. The van der Waals surface area contributed by atoms with Crippen molar-refractivity contribution in [2.75, 3.05) is 39.6 Å². The van der Waals surface area contributed by atoms with E-state index < -0.39 is 97.5 Å². The Bertz CT molecular complexity index is 1680. The van der Waals surface area contributed by atoms with Gasteiger partial charge >= 0.3 is 39.5 Å². The summed E-state index contributed by atoms with van der Waals surface area (Å²) in [5, 5.41) is 10.6. The van der Waals surface area contributed by atoms with Gasteiger partial charge in [0.2, 0.25) is 0 Å². The summed E-state index contributed by atoms with van der Waals surface area (Å²) in [7, 11) is -9.89. The molecule has 0 radical (unpaired) electrons. The van der Waals surface area contributed by atoms with Gasteiger partial charge in [-0.3, -0.25) is 37.3 Å². The van der Waals surface area contributed by atoms with Gasteiger partial charge in [0.25, 0.3) is 0 Å². The molecule has 5 atom stereocenters. The topological polar surface area (TPSA) is 237 Å². The number of esters is 4. The first-order chi connectivity index (χ1) is 41.1. The van der Waals surface area contributed by atoms with Crippen molar-refractivity contribution in [1.29, 1.82) is 0 Å². The summed E-state index contributed by atoms with van der Waals surface area (Å²) in [5.74, 6) is 0.762. The third-order valence-corrected chi connectivity index (χ3v) is 17.2. The van der Waals surface area contributed by atoms with Crippen LogP contribution in [0.25, 0.3) is 0 Å². The molecule has 0 saturated heterocycles. The van der Waals surface area contributed by atoms with Crippen LogP contribution in [-0.4, -0.2) is 96.7 Å². The van der Waals surface area contributed by atoms with Crippen molar-refractivity contribution >= 4 is 39.5 Å². The highest BCUT2D eigenvalue weighted by Crippen LogP contribution is 2.45. The normalized spacial score (nSPS) is 14.4. The highest BCUT2D eigenvalue weighted by molar-refractivity contribution is 7.47. The first-order valence-corrected chi connectivity index (χ1v) is 37.7. The summed E-state index contributed by atoms with van der Waals surface area (Å²) in [6, 6.07) is 0. The molecule has 0 fully saturated rings. The van der Waals surface area contributed by atoms with Crippen molar-refractivity contribution < 1.29 is 80.2 Å². The zero-order valence-electron chi connectivity index (χ0n) is 55.9. The Hall–Kier alpha value is -1.94. The zero-order valence-corrected chi connectivity index (χ0v) is 57.7. The number of unbranched alkanes of at least 4 members (excludes halogenated alkanes) is 30. The predicted octanol–water partition coefficient (Wildman–Crippen LogP) is 18.5. The molecule has 0 aromatic heterocycles. The molecule has 510 valence electrons. The average molecular weight is 1270 g/mol. The Morgan fingerprint density at radius 3 is 0.721 bits per heavy atom. The quantitative estimate of drug-likeness (QED) is 0.0222. The third kappa shape index (κ3) is 60.9. The fourth-order valence-corrected chi connectivity index (χ4v) is 11.5. The van der Waals surface area contributed by atoms with E-state index in [0.717, 1.165) is 108 Å². The monoisotopic (exact) mass is 1270 g/mol. The standard InChI is InChI=1S/C67H130O17P2/c1-57(2)43-35-27-19-14-10-9-11-17-23-33-41-49-66(71)83-63(54-78-65(70)48-40-32-26-25-30-38-46-60(7)8)56-82-86(75,76)80-52-61(68)51-79-85(73,74)81-55-62(84-67(72)50-42-34-24-18-21-29-37-45-59(5)6)53-77-64(69)47-39-31-22-16-13-12-15-20-28-36-44-58(3)4/h57-63,68H,9-56H2,1-8H3,(H,73,74)(H,75,76)/t61-,62-,63-/m1/s1. The second-order valence-corrected chi connectivity index (χ2v) is 29.0. The Labute approximate surface area is 524 Å². The van der Waals surface area contributed by atoms with Gasteiger partial charge in [0.15, 0.2) is 12.2 Å². The van der Waals surface area contributed by atoms with Crippen LogP contribution in [0.5, 0.6) is 0 Å². The van der Waals surface area contributed by atoms with Crippen LogP contribution in [-0.2, 0) is 65.4 Å². The summed E-state index contributed by atoms with van der Waals surface area (Å²) >= 11 is 0. The second kappa shape index (κ2) is 57.0. The molecular weight excluding hydrogens is 1140 g/mol. The van der Waals surface area contributed by atoms with Gasteiger partial charge in [0, 0.05) is 25.7 Å². The summed E-state index contributed by atoms with van der Waals surface area (Å²) < 4.78 is 68.1. The molecular formula is C67H130O17P2. The molecule has 0 heterocycles. The summed E-state index contributed by atoms with van der Waals surface area (Å²) in [6.45, 7) is 14.0. The fourth-order valence-electron chi connectivity index (χ4n) is 9.96. The molecule has 0 aliphatic carbocycles. The maximum atomic E-state index is 13.0. The molecule has 0 saturated carbocycles. The molecule has 0 aliphatic heterocycles. The Morgan fingerprint density at radius 1 is 0.291 bits per heavy atom. The molecule has 0 bridgehead atoms. The molecule has 3 N–H and O–H groups in total. The van der Waals surface area contributed by atoms with Gasteiger partial charge in [0.05, 0.1) is 26.4 Å². The predicted molar refractivity (Wildman–Crippen MR) is 344 cm³/mol. The SMILES string of the molecule is CC(C)CCCCCCCCCCCCCC(=O)O[C@H](COC(=O)CCCCCCCCC(C)C)COP(=O)(O)OC[C@H](O)COP(=O)(O)OC[C@@H](COC(=O)CCCCCCCCCCCCC(C)C)OC(=O)CCCCCCCCCC(C)C. The molecule has 0 aromatic rings. The number of rotatable bonds is 64. The fraction of sp³-hybridized carbons (Fsp3) is 0.940. The molecule has 0 aliphatic rings. The van der Waals surface area contributed by atoms with E-state index in [1.165, 1.54) is 122 Å². The van der Waals surface area contributed by atoms with Crippen molar-refractivity contribution in [1.82, 2.24) is 0 Å². The van der Waals surface area contributed by atoms with Gasteiger partial charge in [0.1, 0.15) is 19.3 Å². The number of hydrogen-bond acceptors (Lipinski definition) is 15. The molecule has 17 nitrogen and oxygen atoms in total. The number of phosphoric acid groups is 2. The van der Waals surface area contributed by atoms with Crippen molar-refractivity contribution in [3.8, 4) is 0 Å². The maximum absolute atomic E-state index is 13.0. The smallest absolute Gasteiger partial charge is 0.462 e. The highest BCUT2D eigenvalue weighted by atomic mass is 31.2. The van der Waals surface area contributed by atoms with E-state index in [2.05, 4.69) is 55.4 Å². The zero-order chi connectivity index (χ0) is 63.9. The lowest BCUT2D eigenvalue weighted by molar-refractivity contribution is -0.161. The minimum atomic E-state index is -4.95. The van der Waals surface area contributed by atoms with Crippen LogP contribution in [0.3, 0.4) is 0 Å². The van der Waals surface area contributed by atoms with E-state index in [4.69, 9.17) is 37.0 Å². The van der Waals surface area contributed by atoms with E-state index in [-0.39, 0.29) is 25.7 Å². The number of phosphoric ester groups is 2. The number of aliphatic hydroxyl groups excluding tert-OH is 1. The summed E-state index contributed by atoms with van der Waals surface area (Å²) in [6.07, 6.45) is 37.8. The van der Waals surface area contributed by atoms with Crippen molar-refractivity contribution in [2.45, 2.75) is 343 Å². The van der Waals surface area contributed by atoms with Crippen molar-refractivity contribution in [3.63, 3.8) is 0 Å². The number of carbonyl (C=O) groups is 4. The molecule has 2 unspecified atom stereocenters. The Kier molecular flexibility index (Phi) is 55.7. The van der Waals surface area contributed by atoms with Gasteiger partial charge in [-0.25, -0.2) is 9.13 Å². The van der Waals surface area contributed by atoms with E-state index >= 15 is 0 Å². The van der Waals surface area contributed by atoms with Crippen LogP contribution in [0.4, 0.5) is 0 Å². The van der Waals surface area contributed by atoms with Gasteiger partial charge in [-0.05, 0) is 49.4 Å². The van der Waals surface area contributed by atoms with Crippen LogP contribution >= 0.6 is 15.6 Å². The number of aliphatic hydroxyl groups is 1. The van der Waals surface area contributed by atoms with Crippen molar-refractivity contribution in [2.24, 2.45) is 23.7 Å². The van der Waals surface area contributed by atoms with Crippen LogP contribution < -0.4 is 0 Å². The van der Waals surface area contributed by atoms with E-state index in [1.807, 2.05) is 0 Å². The van der Waals surface area contributed by atoms with Crippen LogP contribution in [0.15, 0.2) is 0 Å². The number of carbonyl (C=O) groups excluding carboxylic acids is 4. The van der Waals surface area contributed by atoms with Gasteiger partial charge in [-0.15, -0.1) is 0 Å². The Balaban J connectivity index is 5.23. The molecule has 0 rings (SSSR count). The van der Waals surface area contributed by atoms with Gasteiger partial charge in [-0.1, -0.05) is 274 Å². The molecule has 19 heteroatoms. The van der Waals surface area contributed by atoms with Crippen molar-refractivity contribution in [3.05, 3.63) is 0 Å². The molecule has 86 heavy (non-hydrogen) atoms. The lowest BCUT2D eigenvalue weighted by atomic mass is 10.0. The molecule has 0 amide bonds. The lowest BCUT2D eigenvalue weighted by Crippen LogP contribution is -2.30. The summed E-state index contributed by atoms with van der Waals surface area (Å²) in [4.78, 5) is 72.3. The van der Waals surface area contributed by atoms with E-state index in [1.54, 1.807) is 0 Å². The van der Waals surface area contributed by atoms with Crippen LogP contribution in [0.2, 0.25) is 0 Å². The molecule has 0 spiro atoms. The van der Waals surface area contributed by atoms with Crippen LogP contribution in [0, 0.1) is 23.7 Å². The number of ether oxygens (including phenoxy) is 4. The minimum absolute atomic E-state index is 0.103. The minimum Gasteiger partial charge on any atom is -0.462 e.